The molecule has 0 saturated carbocycles. The van der Waals surface area contributed by atoms with Gasteiger partial charge in [0.25, 0.3) is 5.91 Å². The van der Waals surface area contributed by atoms with Crippen LogP contribution in [0.5, 0.6) is 5.75 Å². The lowest BCUT2D eigenvalue weighted by Crippen LogP contribution is -2.41. The number of amides is 2. The van der Waals surface area contributed by atoms with Crippen molar-refractivity contribution in [3.05, 3.63) is 59.7 Å². The number of para-hydroxylation sites is 2. The molecule has 0 aromatic heterocycles. The average molecular weight is 365 g/mol. The largest absolute Gasteiger partial charge is 0.482 e. The number of carbonyl (C=O) groups excluding carboxylic acids is 2. The Kier molecular flexibility index (Phi) is 7.38. The van der Waals surface area contributed by atoms with Crippen molar-refractivity contribution in [2.24, 2.45) is 0 Å². The van der Waals surface area contributed by atoms with Crippen molar-refractivity contribution in [3.8, 4) is 11.8 Å². The minimum absolute atomic E-state index is 0.0513. The Morgan fingerprint density at radius 3 is 2.56 bits per heavy atom. The molecule has 0 atom stereocenters. The Morgan fingerprint density at radius 1 is 1.15 bits per heavy atom. The van der Waals surface area contributed by atoms with Crippen molar-refractivity contribution in [1.82, 2.24) is 4.90 Å². The summed E-state index contributed by atoms with van der Waals surface area (Å²) in [4.78, 5) is 26.3. The van der Waals surface area contributed by atoms with E-state index in [1.54, 1.807) is 24.3 Å². The lowest BCUT2D eigenvalue weighted by Gasteiger charge is -2.22. The number of hydrogen-bond acceptors (Lipinski definition) is 4. The van der Waals surface area contributed by atoms with Crippen molar-refractivity contribution in [3.63, 3.8) is 0 Å². The van der Waals surface area contributed by atoms with Gasteiger partial charge in [-0.25, -0.2) is 0 Å². The number of carbonyl (C=O) groups is 2. The van der Waals surface area contributed by atoms with E-state index in [1.807, 2.05) is 44.2 Å². The van der Waals surface area contributed by atoms with Crippen LogP contribution in [0.25, 0.3) is 0 Å². The van der Waals surface area contributed by atoms with Gasteiger partial charge in [-0.3, -0.25) is 9.59 Å². The van der Waals surface area contributed by atoms with Gasteiger partial charge in [-0.2, -0.15) is 5.26 Å². The number of ether oxygens (including phenoxy) is 1. The number of hydrogen-bond donors (Lipinski definition) is 1. The molecule has 0 aliphatic carbocycles. The van der Waals surface area contributed by atoms with Crippen molar-refractivity contribution < 1.29 is 14.3 Å². The molecule has 1 N–H and O–H groups in total. The van der Waals surface area contributed by atoms with Crippen LogP contribution in [0.1, 0.15) is 24.5 Å². The summed E-state index contributed by atoms with van der Waals surface area (Å²) in [6, 6.07) is 16.2. The van der Waals surface area contributed by atoms with Gasteiger partial charge in [0.1, 0.15) is 11.8 Å². The molecule has 0 heterocycles. The molecule has 0 saturated heterocycles. The molecule has 0 fully saturated rings. The fourth-order valence-corrected chi connectivity index (χ4v) is 2.55. The van der Waals surface area contributed by atoms with Gasteiger partial charge >= 0.3 is 0 Å². The molecule has 0 unspecified atom stereocenters. The predicted molar refractivity (Wildman–Crippen MR) is 103 cm³/mol. The van der Waals surface area contributed by atoms with E-state index >= 15 is 0 Å². The summed E-state index contributed by atoms with van der Waals surface area (Å²) >= 11 is 0. The van der Waals surface area contributed by atoms with Gasteiger partial charge < -0.3 is 15.0 Å². The summed E-state index contributed by atoms with van der Waals surface area (Å²) in [6.45, 7) is 4.01. The van der Waals surface area contributed by atoms with Crippen LogP contribution in [0.3, 0.4) is 0 Å². The van der Waals surface area contributed by atoms with E-state index < -0.39 is 0 Å². The number of nitrogens with one attached hydrogen (secondary N) is 1. The van der Waals surface area contributed by atoms with Crippen molar-refractivity contribution in [1.29, 1.82) is 5.26 Å². The van der Waals surface area contributed by atoms with Crippen LogP contribution in [0.4, 0.5) is 5.69 Å². The van der Waals surface area contributed by atoms with Gasteiger partial charge in [0.2, 0.25) is 5.91 Å². The highest BCUT2D eigenvalue weighted by Crippen LogP contribution is 2.17. The topological polar surface area (TPSA) is 82.4 Å². The van der Waals surface area contributed by atoms with E-state index in [1.165, 1.54) is 4.90 Å². The fourth-order valence-electron chi connectivity index (χ4n) is 2.55. The Balaban J connectivity index is 1.97. The number of rotatable bonds is 8. The number of anilines is 1. The van der Waals surface area contributed by atoms with Gasteiger partial charge in [0.05, 0.1) is 12.1 Å². The Morgan fingerprint density at radius 2 is 1.85 bits per heavy atom. The van der Waals surface area contributed by atoms with Gasteiger partial charge in [0, 0.05) is 12.2 Å². The summed E-state index contributed by atoms with van der Waals surface area (Å²) in [7, 11) is 0. The summed E-state index contributed by atoms with van der Waals surface area (Å²) in [5, 5.41) is 11.9. The molecular formula is C21H23N3O3. The van der Waals surface area contributed by atoms with Crippen LogP contribution in [0.15, 0.2) is 48.5 Å². The molecule has 0 bridgehead atoms. The normalized spacial score (nSPS) is 9.96. The van der Waals surface area contributed by atoms with E-state index in [9.17, 15) is 9.59 Å². The molecule has 2 aromatic rings. The monoisotopic (exact) mass is 365 g/mol. The molecule has 27 heavy (non-hydrogen) atoms. The first-order chi connectivity index (χ1) is 13.0. The van der Waals surface area contributed by atoms with Crippen LogP contribution >= 0.6 is 0 Å². The van der Waals surface area contributed by atoms with Crippen LogP contribution in [0, 0.1) is 18.3 Å². The SMILES string of the molecule is CCCN(CC(=O)Nc1ccccc1C)C(=O)COc1ccccc1C#N. The zero-order valence-electron chi connectivity index (χ0n) is 15.6. The highest BCUT2D eigenvalue weighted by molar-refractivity contribution is 5.95. The van der Waals surface area contributed by atoms with Crippen molar-refractivity contribution in [2.75, 3.05) is 25.0 Å². The van der Waals surface area contributed by atoms with E-state index in [-0.39, 0.29) is 25.0 Å². The van der Waals surface area contributed by atoms with E-state index in [0.717, 1.165) is 17.7 Å². The first-order valence-corrected chi connectivity index (χ1v) is 8.80. The van der Waals surface area contributed by atoms with E-state index in [0.29, 0.717) is 17.9 Å². The Labute approximate surface area is 159 Å². The van der Waals surface area contributed by atoms with E-state index in [4.69, 9.17) is 10.00 Å². The molecule has 2 aromatic carbocycles. The molecule has 0 aliphatic rings. The van der Waals surface area contributed by atoms with Gasteiger partial charge in [0.15, 0.2) is 6.61 Å². The van der Waals surface area contributed by atoms with Crippen LogP contribution in [0.2, 0.25) is 0 Å². The molecule has 2 rings (SSSR count). The first kappa shape index (κ1) is 20.0. The standard InChI is InChI=1S/C21H23N3O3/c1-3-12-24(14-20(25)23-18-10-6-4-8-16(18)2)21(26)15-27-19-11-7-5-9-17(19)13-22/h4-11H,3,12,14-15H2,1-2H3,(H,23,25). The molecule has 0 radical (unpaired) electrons. The maximum Gasteiger partial charge on any atom is 0.260 e. The lowest BCUT2D eigenvalue weighted by atomic mass is 10.2. The minimum atomic E-state index is -0.301. The highest BCUT2D eigenvalue weighted by Gasteiger charge is 2.18. The number of nitriles is 1. The predicted octanol–water partition coefficient (Wildman–Crippen LogP) is 3.12. The first-order valence-electron chi connectivity index (χ1n) is 8.80. The Hall–Kier alpha value is -3.33. The molecule has 6 heteroatoms. The number of aryl methyl sites for hydroxylation is 1. The quantitative estimate of drug-likeness (QED) is 0.779. The second-order valence-electron chi connectivity index (χ2n) is 6.08. The average Bonchev–Trinajstić information content (AvgIpc) is 2.67. The minimum Gasteiger partial charge on any atom is -0.482 e. The van der Waals surface area contributed by atoms with Crippen LogP contribution < -0.4 is 10.1 Å². The summed E-state index contributed by atoms with van der Waals surface area (Å²) in [5.41, 5.74) is 2.05. The van der Waals surface area contributed by atoms with Crippen molar-refractivity contribution >= 4 is 17.5 Å². The third-order valence-corrected chi connectivity index (χ3v) is 3.96. The molecular weight excluding hydrogens is 342 g/mol. The maximum atomic E-state index is 12.5. The maximum absolute atomic E-state index is 12.5. The summed E-state index contributed by atoms with van der Waals surface area (Å²) in [6.07, 6.45) is 0.720. The zero-order chi connectivity index (χ0) is 19.6. The summed E-state index contributed by atoms with van der Waals surface area (Å²) in [5.74, 6) is -0.206. The van der Waals surface area contributed by atoms with Gasteiger partial charge in [-0.1, -0.05) is 37.3 Å². The molecule has 0 aliphatic heterocycles. The molecule has 140 valence electrons. The zero-order valence-corrected chi connectivity index (χ0v) is 15.6. The number of benzene rings is 2. The molecule has 6 nitrogen and oxygen atoms in total. The second kappa shape index (κ2) is 9.97. The summed E-state index contributed by atoms with van der Waals surface area (Å²) < 4.78 is 5.49. The number of nitrogens with zero attached hydrogens (tertiary/aromatic N) is 2. The van der Waals surface area contributed by atoms with Gasteiger partial charge in [-0.05, 0) is 37.1 Å². The fraction of sp³-hybridized carbons (Fsp3) is 0.286. The van der Waals surface area contributed by atoms with Crippen LogP contribution in [-0.4, -0.2) is 36.4 Å². The second-order valence-corrected chi connectivity index (χ2v) is 6.08. The third kappa shape index (κ3) is 5.86. The smallest absolute Gasteiger partial charge is 0.260 e. The molecule has 0 spiro atoms. The van der Waals surface area contributed by atoms with E-state index in [2.05, 4.69) is 5.32 Å². The highest BCUT2D eigenvalue weighted by atomic mass is 16.5. The molecule has 2 amide bonds. The van der Waals surface area contributed by atoms with Crippen molar-refractivity contribution in [2.45, 2.75) is 20.3 Å². The van der Waals surface area contributed by atoms with Crippen LogP contribution in [-0.2, 0) is 9.59 Å². The third-order valence-electron chi connectivity index (χ3n) is 3.96. The van der Waals surface area contributed by atoms with Gasteiger partial charge in [-0.15, -0.1) is 0 Å². The lowest BCUT2D eigenvalue weighted by molar-refractivity contribution is -0.136. The Bertz CT molecular complexity index is 843.